The summed E-state index contributed by atoms with van der Waals surface area (Å²) in [5.41, 5.74) is 5.55. The van der Waals surface area contributed by atoms with Crippen molar-refractivity contribution in [2.45, 2.75) is 84.8 Å². The fourth-order valence-electron chi connectivity index (χ4n) is 4.84. The van der Waals surface area contributed by atoms with Crippen molar-refractivity contribution >= 4 is 30.0 Å². The lowest BCUT2D eigenvalue weighted by Gasteiger charge is -2.20. The Bertz CT molecular complexity index is 1460. The van der Waals surface area contributed by atoms with Gasteiger partial charge in [-0.25, -0.2) is 14.8 Å². The van der Waals surface area contributed by atoms with E-state index in [2.05, 4.69) is 28.6 Å². The van der Waals surface area contributed by atoms with Crippen molar-refractivity contribution < 1.29 is 19.1 Å². The molecule has 41 heavy (non-hydrogen) atoms. The fourth-order valence-corrected chi connectivity index (χ4v) is 4.84. The van der Waals surface area contributed by atoms with Gasteiger partial charge in [-0.3, -0.25) is 4.79 Å². The number of benzene rings is 2. The highest BCUT2D eigenvalue weighted by Crippen LogP contribution is 2.27. The van der Waals surface area contributed by atoms with Crippen LogP contribution < -0.4 is 0 Å². The number of unbranched alkanes of at least 4 members (excludes halogenated alkanes) is 2. The first-order valence-corrected chi connectivity index (χ1v) is 14.4. The van der Waals surface area contributed by atoms with E-state index in [0.717, 1.165) is 59.5 Å². The Morgan fingerprint density at radius 2 is 1.80 bits per heavy atom. The smallest absolute Gasteiger partial charge is 0.339 e. The van der Waals surface area contributed by atoms with Gasteiger partial charge in [-0.05, 0) is 68.5 Å². The molecule has 7 nitrogen and oxygen atoms in total. The molecule has 2 aromatic carbocycles. The minimum Gasteiger partial charge on any atom is -0.456 e. The molecule has 0 N–H and O–H groups in total. The molecule has 0 fully saturated rings. The molecule has 4 rings (SSSR count). The molecular formula is C34H39N3O4. The Balaban J connectivity index is 1.58. The van der Waals surface area contributed by atoms with E-state index in [4.69, 9.17) is 9.72 Å². The van der Waals surface area contributed by atoms with Gasteiger partial charge >= 0.3 is 5.97 Å². The summed E-state index contributed by atoms with van der Waals surface area (Å²) in [5.74, 6) is 0.490. The van der Waals surface area contributed by atoms with Gasteiger partial charge in [-0.2, -0.15) is 0 Å². The lowest BCUT2D eigenvalue weighted by Crippen LogP contribution is -2.24. The molecule has 0 spiro atoms. The number of hydrogen-bond donors (Lipinski definition) is 0. The number of aryl methyl sites for hydroxylation is 1. The molecule has 0 unspecified atom stereocenters. The minimum atomic E-state index is -0.573. The summed E-state index contributed by atoms with van der Waals surface area (Å²) in [7, 11) is 0. The number of fused-ring (bicyclic) bond motifs is 1. The van der Waals surface area contributed by atoms with Crippen LogP contribution >= 0.6 is 0 Å². The van der Waals surface area contributed by atoms with Gasteiger partial charge in [0.2, 0.25) is 5.91 Å². The summed E-state index contributed by atoms with van der Waals surface area (Å²) < 4.78 is 7.89. The average molecular weight is 554 g/mol. The molecule has 0 bridgehead atoms. The lowest BCUT2D eigenvalue weighted by atomic mass is 9.98. The number of imidazole rings is 1. The number of aldehydes is 1. The topological polar surface area (TPSA) is 90.6 Å². The standard InChI is InChI=1S/C34H39N3O4/c1-5-6-13-31-36-29-20-19-26(35-32(39)14-9-10-21-38)22-30(29)37(31)23-24-15-17-25(18-16-24)27-11-7-8-12-28(27)33(40)41-34(2,3)4/h7-8,11-12,15-21H,5-6,9-10,13-14,22-23H2,1-4H3. The monoisotopic (exact) mass is 553 g/mol. The van der Waals surface area contributed by atoms with E-state index < -0.39 is 5.60 Å². The molecule has 1 aliphatic rings. The third kappa shape index (κ3) is 7.97. The number of esters is 1. The largest absolute Gasteiger partial charge is 0.456 e. The summed E-state index contributed by atoms with van der Waals surface area (Å²) >= 11 is 0. The van der Waals surface area contributed by atoms with Crippen LogP contribution in [0.15, 0.2) is 59.6 Å². The molecule has 0 atom stereocenters. The Labute approximate surface area is 242 Å². The van der Waals surface area contributed by atoms with Crippen molar-refractivity contribution in [3.05, 3.63) is 82.9 Å². The van der Waals surface area contributed by atoms with Crippen LogP contribution in [0, 0.1) is 0 Å². The maximum atomic E-state index is 12.9. The molecule has 1 heterocycles. The van der Waals surface area contributed by atoms with Crippen LogP contribution in [-0.2, 0) is 33.7 Å². The zero-order valence-electron chi connectivity index (χ0n) is 24.5. The summed E-state index contributed by atoms with van der Waals surface area (Å²) in [6.07, 6.45) is 9.32. The third-order valence-electron chi connectivity index (χ3n) is 6.85. The molecule has 1 aromatic heterocycles. The Morgan fingerprint density at radius 3 is 2.51 bits per heavy atom. The Hall–Kier alpha value is -4.13. The summed E-state index contributed by atoms with van der Waals surface area (Å²) in [6, 6.07) is 15.8. The predicted octanol–water partition coefficient (Wildman–Crippen LogP) is 6.80. The zero-order valence-corrected chi connectivity index (χ0v) is 24.5. The van der Waals surface area contributed by atoms with Gasteiger partial charge in [0.05, 0.1) is 22.7 Å². The first-order chi connectivity index (χ1) is 19.7. The molecule has 1 aliphatic carbocycles. The van der Waals surface area contributed by atoms with Crippen LogP contribution in [0.1, 0.15) is 92.9 Å². The van der Waals surface area contributed by atoms with Crippen LogP contribution in [0.3, 0.4) is 0 Å². The minimum absolute atomic E-state index is 0.200. The number of nitrogens with zero attached hydrogens (tertiary/aromatic N) is 3. The van der Waals surface area contributed by atoms with Crippen LogP contribution in [-0.4, -0.2) is 39.0 Å². The molecule has 7 heteroatoms. The van der Waals surface area contributed by atoms with Crippen molar-refractivity contribution in [2.24, 2.45) is 4.99 Å². The van der Waals surface area contributed by atoms with Gasteiger partial charge in [0.15, 0.2) is 0 Å². The highest BCUT2D eigenvalue weighted by atomic mass is 16.6. The number of rotatable bonds is 11. The number of amides is 1. The van der Waals surface area contributed by atoms with Gasteiger partial charge in [0.25, 0.3) is 0 Å². The van der Waals surface area contributed by atoms with Crippen LogP contribution in [0.25, 0.3) is 17.2 Å². The summed E-state index contributed by atoms with van der Waals surface area (Å²) in [6.45, 7) is 8.41. The average Bonchev–Trinajstić information content (AvgIpc) is 3.27. The number of carbonyl (C=O) groups is 3. The van der Waals surface area contributed by atoms with E-state index in [-0.39, 0.29) is 18.3 Å². The first-order valence-electron chi connectivity index (χ1n) is 14.4. The fraction of sp³-hybridized carbons (Fsp3) is 0.382. The number of ether oxygens (including phenoxy) is 1. The van der Waals surface area contributed by atoms with E-state index in [1.165, 1.54) is 0 Å². The van der Waals surface area contributed by atoms with E-state index >= 15 is 0 Å². The Morgan fingerprint density at radius 1 is 1.05 bits per heavy atom. The van der Waals surface area contributed by atoms with Crippen molar-refractivity contribution in [3.8, 4) is 11.1 Å². The normalized spacial score (nSPS) is 13.7. The maximum Gasteiger partial charge on any atom is 0.339 e. The molecule has 214 valence electrons. The van der Waals surface area contributed by atoms with Gasteiger partial charge in [0.1, 0.15) is 17.7 Å². The van der Waals surface area contributed by atoms with Gasteiger partial charge in [-0.1, -0.05) is 55.8 Å². The number of aromatic nitrogens is 2. The van der Waals surface area contributed by atoms with E-state index in [0.29, 0.717) is 37.1 Å². The molecule has 0 radical (unpaired) electrons. The van der Waals surface area contributed by atoms with Gasteiger partial charge in [-0.15, -0.1) is 0 Å². The van der Waals surface area contributed by atoms with E-state index in [9.17, 15) is 14.4 Å². The number of aliphatic imine (C=N–C) groups is 1. The molecule has 0 aliphatic heterocycles. The van der Waals surface area contributed by atoms with Crippen LogP contribution in [0.4, 0.5) is 0 Å². The van der Waals surface area contributed by atoms with Crippen molar-refractivity contribution in [1.29, 1.82) is 0 Å². The number of hydrogen-bond acceptors (Lipinski definition) is 5. The third-order valence-corrected chi connectivity index (χ3v) is 6.85. The maximum absolute atomic E-state index is 12.9. The summed E-state index contributed by atoms with van der Waals surface area (Å²) in [5, 5.41) is 0. The highest BCUT2D eigenvalue weighted by Gasteiger charge is 2.22. The Kier molecular flexibility index (Phi) is 9.82. The van der Waals surface area contributed by atoms with Crippen molar-refractivity contribution in [3.63, 3.8) is 0 Å². The molecule has 3 aromatic rings. The molecule has 1 amide bonds. The number of allylic oxidation sites excluding steroid dienone is 1. The SMILES string of the molecule is CCCCc1nc2c(n1Cc1ccc(-c3ccccc3C(=O)OC(C)(C)C)cc1)CC(=NC(=O)CCCC=O)C=C2. The van der Waals surface area contributed by atoms with E-state index in [1.807, 2.05) is 63.3 Å². The second-order valence-corrected chi connectivity index (χ2v) is 11.4. The highest BCUT2D eigenvalue weighted by molar-refractivity contribution is 6.07. The lowest BCUT2D eigenvalue weighted by molar-refractivity contribution is -0.117. The second-order valence-electron chi connectivity index (χ2n) is 11.4. The summed E-state index contributed by atoms with van der Waals surface area (Å²) in [4.78, 5) is 45.0. The van der Waals surface area contributed by atoms with Crippen molar-refractivity contribution in [1.82, 2.24) is 9.55 Å². The van der Waals surface area contributed by atoms with Crippen LogP contribution in [0.2, 0.25) is 0 Å². The molecule has 0 saturated heterocycles. The van der Waals surface area contributed by atoms with Gasteiger partial charge < -0.3 is 14.1 Å². The number of carbonyl (C=O) groups excluding carboxylic acids is 3. The predicted molar refractivity (Wildman–Crippen MR) is 162 cm³/mol. The second kappa shape index (κ2) is 13.5. The first kappa shape index (κ1) is 29.8. The molecular weight excluding hydrogens is 514 g/mol. The quantitative estimate of drug-likeness (QED) is 0.148. The van der Waals surface area contributed by atoms with E-state index in [1.54, 1.807) is 6.07 Å². The van der Waals surface area contributed by atoms with Crippen molar-refractivity contribution in [2.75, 3.05) is 0 Å². The van der Waals surface area contributed by atoms with Crippen LogP contribution in [0.5, 0.6) is 0 Å². The molecule has 0 saturated carbocycles. The van der Waals surface area contributed by atoms with Gasteiger partial charge in [0, 0.05) is 32.2 Å². The zero-order chi connectivity index (χ0) is 29.4.